The van der Waals surface area contributed by atoms with Gasteiger partial charge in [0, 0.05) is 18.3 Å². The molecule has 0 spiro atoms. The van der Waals surface area contributed by atoms with Gasteiger partial charge in [0.15, 0.2) is 0 Å². The van der Waals surface area contributed by atoms with Crippen molar-refractivity contribution in [2.75, 3.05) is 0 Å². The van der Waals surface area contributed by atoms with Crippen molar-refractivity contribution in [3.05, 3.63) is 57.5 Å². The van der Waals surface area contributed by atoms with Crippen LogP contribution in [0.4, 0.5) is 0 Å². The van der Waals surface area contributed by atoms with Gasteiger partial charge in [-0.05, 0) is 26.0 Å². The minimum absolute atomic E-state index is 0.103. The highest BCUT2D eigenvalue weighted by Crippen LogP contribution is 2.09. The summed E-state index contributed by atoms with van der Waals surface area (Å²) in [6.07, 6.45) is 0. The number of nitrogens with two attached hydrogens (primary N) is 1. The van der Waals surface area contributed by atoms with Crippen LogP contribution in [-0.4, -0.2) is 9.78 Å². The van der Waals surface area contributed by atoms with Gasteiger partial charge in [0.25, 0.3) is 0 Å². The molecule has 0 saturated carbocycles. The Labute approximate surface area is 99.7 Å². The van der Waals surface area contributed by atoms with Gasteiger partial charge in [-0.15, -0.1) is 0 Å². The third-order valence-electron chi connectivity index (χ3n) is 2.65. The zero-order valence-corrected chi connectivity index (χ0v) is 9.97. The second kappa shape index (κ2) is 4.51. The fourth-order valence-corrected chi connectivity index (χ4v) is 1.67. The number of hydrogen-bond donors (Lipinski definition) is 1. The molecule has 0 saturated heterocycles. The lowest BCUT2D eigenvalue weighted by molar-refractivity contribution is 0.750. The van der Waals surface area contributed by atoms with E-state index in [9.17, 15) is 4.79 Å². The first-order valence-electron chi connectivity index (χ1n) is 5.49. The average Bonchev–Trinajstić information content (AvgIpc) is 2.31. The molecule has 0 radical (unpaired) electrons. The van der Waals surface area contributed by atoms with E-state index in [4.69, 9.17) is 5.73 Å². The molecule has 17 heavy (non-hydrogen) atoms. The molecule has 4 nitrogen and oxygen atoms in total. The maximum atomic E-state index is 11.6. The first-order valence-corrected chi connectivity index (χ1v) is 5.49. The highest BCUT2D eigenvalue weighted by molar-refractivity contribution is 5.35. The third kappa shape index (κ3) is 2.26. The Hall–Kier alpha value is -1.94. The molecule has 4 heteroatoms. The first kappa shape index (κ1) is 11.5. The molecule has 0 aliphatic heterocycles. The van der Waals surface area contributed by atoms with Gasteiger partial charge in [-0.2, -0.15) is 5.10 Å². The van der Waals surface area contributed by atoms with Crippen LogP contribution in [0.25, 0.3) is 5.69 Å². The minimum atomic E-state index is -0.103. The number of aryl methyl sites for hydroxylation is 2. The van der Waals surface area contributed by atoms with E-state index in [2.05, 4.69) is 5.10 Å². The van der Waals surface area contributed by atoms with Crippen LogP contribution in [0.1, 0.15) is 17.0 Å². The van der Waals surface area contributed by atoms with Gasteiger partial charge in [-0.3, -0.25) is 4.79 Å². The standard InChI is InChI=1S/C13H15N3O/c1-9-3-5-11(6-4-9)16-10(2)7-13(17)12(8-14)15-16/h3-7H,8,14H2,1-2H3. The molecule has 1 aromatic heterocycles. The Bertz CT molecular complexity index is 585. The predicted molar refractivity (Wildman–Crippen MR) is 67.2 cm³/mol. The van der Waals surface area contributed by atoms with E-state index in [1.807, 2.05) is 38.1 Å². The van der Waals surface area contributed by atoms with E-state index in [-0.39, 0.29) is 12.0 Å². The lowest BCUT2D eigenvalue weighted by Crippen LogP contribution is -2.21. The van der Waals surface area contributed by atoms with E-state index in [0.717, 1.165) is 11.4 Å². The molecule has 1 heterocycles. The summed E-state index contributed by atoms with van der Waals surface area (Å²) in [5, 5.41) is 4.27. The van der Waals surface area contributed by atoms with Gasteiger partial charge in [0.05, 0.1) is 5.69 Å². The Balaban J connectivity index is 2.59. The van der Waals surface area contributed by atoms with Crippen molar-refractivity contribution in [2.24, 2.45) is 5.73 Å². The topological polar surface area (TPSA) is 60.9 Å². The Morgan fingerprint density at radius 1 is 1.24 bits per heavy atom. The Morgan fingerprint density at radius 3 is 2.47 bits per heavy atom. The third-order valence-corrected chi connectivity index (χ3v) is 2.65. The molecule has 2 rings (SSSR count). The maximum Gasteiger partial charge on any atom is 0.204 e. The normalized spacial score (nSPS) is 10.5. The summed E-state index contributed by atoms with van der Waals surface area (Å²) in [4.78, 5) is 11.6. The van der Waals surface area contributed by atoms with Gasteiger partial charge in [0.2, 0.25) is 5.43 Å². The number of rotatable bonds is 2. The van der Waals surface area contributed by atoms with Gasteiger partial charge >= 0.3 is 0 Å². The summed E-state index contributed by atoms with van der Waals surface area (Å²) < 4.78 is 1.74. The largest absolute Gasteiger partial charge is 0.325 e. The monoisotopic (exact) mass is 229 g/mol. The molecular weight excluding hydrogens is 214 g/mol. The van der Waals surface area contributed by atoms with Gasteiger partial charge in [-0.1, -0.05) is 17.7 Å². The van der Waals surface area contributed by atoms with Gasteiger partial charge in [-0.25, -0.2) is 4.68 Å². The number of hydrogen-bond acceptors (Lipinski definition) is 3. The molecule has 0 fully saturated rings. The van der Waals surface area contributed by atoms with E-state index in [1.54, 1.807) is 10.7 Å². The lowest BCUT2D eigenvalue weighted by Gasteiger charge is -2.10. The van der Waals surface area contributed by atoms with E-state index >= 15 is 0 Å². The summed E-state index contributed by atoms with van der Waals surface area (Å²) in [6.45, 7) is 4.04. The molecule has 0 bridgehead atoms. The minimum Gasteiger partial charge on any atom is -0.325 e. The fraction of sp³-hybridized carbons (Fsp3) is 0.231. The molecule has 0 amide bonds. The molecule has 88 valence electrons. The van der Waals surface area contributed by atoms with E-state index in [0.29, 0.717) is 5.69 Å². The van der Waals surface area contributed by atoms with Crippen molar-refractivity contribution >= 4 is 0 Å². The molecule has 2 aromatic rings. The molecule has 0 aliphatic rings. The summed E-state index contributed by atoms with van der Waals surface area (Å²) in [7, 11) is 0. The number of nitrogens with zero attached hydrogens (tertiary/aromatic N) is 2. The summed E-state index contributed by atoms with van der Waals surface area (Å²) in [5.74, 6) is 0. The van der Waals surface area contributed by atoms with E-state index < -0.39 is 0 Å². The number of benzene rings is 1. The van der Waals surface area contributed by atoms with Crippen LogP contribution in [0.3, 0.4) is 0 Å². The average molecular weight is 229 g/mol. The molecular formula is C13H15N3O. The SMILES string of the molecule is Cc1ccc(-n2nc(CN)c(=O)cc2C)cc1. The molecule has 1 aromatic carbocycles. The zero-order valence-electron chi connectivity index (χ0n) is 9.97. The van der Waals surface area contributed by atoms with Crippen LogP contribution in [0.2, 0.25) is 0 Å². The molecule has 0 aliphatic carbocycles. The second-order valence-corrected chi connectivity index (χ2v) is 4.05. The van der Waals surface area contributed by atoms with Crippen molar-refractivity contribution in [2.45, 2.75) is 20.4 Å². The summed E-state index contributed by atoms with van der Waals surface area (Å²) in [5.41, 5.74) is 8.70. The molecule has 2 N–H and O–H groups in total. The van der Waals surface area contributed by atoms with Crippen LogP contribution in [0.15, 0.2) is 35.1 Å². The summed E-state index contributed by atoms with van der Waals surface area (Å²) in [6, 6.07) is 9.53. The van der Waals surface area contributed by atoms with Gasteiger partial charge < -0.3 is 5.73 Å². The summed E-state index contributed by atoms with van der Waals surface area (Å²) >= 11 is 0. The number of aromatic nitrogens is 2. The van der Waals surface area contributed by atoms with Crippen molar-refractivity contribution < 1.29 is 0 Å². The lowest BCUT2D eigenvalue weighted by atomic mass is 10.2. The molecule has 0 atom stereocenters. The van der Waals surface area contributed by atoms with Crippen LogP contribution >= 0.6 is 0 Å². The van der Waals surface area contributed by atoms with Crippen molar-refractivity contribution in [1.82, 2.24) is 9.78 Å². The Morgan fingerprint density at radius 2 is 1.88 bits per heavy atom. The van der Waals surface area contributed by atoms with Gasteiger partial charge in [0.1, 0.15) is 5.69 Å². The first-order chi connectivity index (χ1) is 8.11. The quantitative estimate of drug-likeness (QED) is 0.844. The zero-order chi connectivity index (χ0) is 12.4. The Kier molecular flexibility index (Phi) is 3.06. The highest BCUT2D eigenvalue weighted by Gasteiger charge is 2.05. The van der Waals surface area contributed by atoms with Crippen LogP contribution in [0, 0.1) is 13.8 Å². The maximum absolute atomic E-state index is 11.6. The van der Waals surface area contributed by atoms with Crippen LogP contribution in [0.5, 0.6) is 0 Å². The van der Waals surface area contributed by atoms with Crippen LogP contribution < -0.4 is 11.2 Å². The van der Waals surface area contributed by atoms with Crippen molar-refractivity contribution in [3.63, 3.8) is 0 Å². The second-order valence-electron chi connectivity index (χ2n) is 4.05. The van der Waals surface area contributed by atoms with Crippen molar-refractivity contribution in [3.8, 4) is 5.69 Å². The fourth-order valence-electron chi connectivity index (χ4n) is 1.67. The van der Waals surface area contributed by atoms with Crippen LogP contribution in [-0.2, 0) is 6.54 Å². The molecule has 0 unspecified atom stereocenters. The predicted octanol–water partition coefficient (Wildman–Crippen LogP) is 1.31. The highest BCUT2D eigenvalue weighted by atomic mass is 16.1. The smallest absolute Gasteiger partial charge is 0.204 e. The van der Waals surface area contributed by atoms with Crippen molar-refractivity contribution in [1.29, 1.82) is 0 Å². The van der Waals surface area contributed by atoms with E-state index in [1.165, 1.54) is 5.56 Å².